The third-order valence-corrected chi connectivity index (χ3v) is 7.95. The Balaban J connectivity index is 1.39. The van der Waals surface area contributed by atoms with E-state index in [0.29, 0.717) is 17.0 Å². The first kappa shape index (κ1) is 27.0. The molecule has 0 bridgehead atoms. The van der Waals surface area contributed by atoms with Crippen LogP contribution in [-0.2, 0) is 4.79 Å². The largest absolute Gasteiger partial charge is 0.495 e. The Morgan fingerprint density at radius 1 is 1.15 bits per heavy atom. The van der Waals surface area contributed by atoms with Crippen LogP contribution >= 0.6 is 0 Å². The van der Waals surface area contributed by atoms with Crippen molar-refractivity contribution >= 4 is 35.0 Å². The second kappa shape index (κ2) is 10.9. The molecule has 2 heterocycles. The van der Waals surface area contributed by atoms with Crippen LogP contribution in [0.3, 0.4) is 0 Å². The molecule has 2 fully saturated rings. The Morgan fingerprint density at radius 3 is 2.56 bits per heavy atom. The molecule has 0 spiro atoms. The SMILES string of the molecule is COc1cc(C(=O)NC2CCC(N)CC2)ccc1Nc1ncc2c(n1)N(C1CCCC1)CC(F)(F)C(=O)N2C. The van der Waals surface area contributed by atoms with Gasteiger partial charge in [-0.15, -0.1) is 0 Å². The number of alkyl halides is 2. The van der Waals surface area contributed by atoms with E-state index in [-0.39, 0.29) is 41.5 Å². The minimum Gasteiger partial charge on any atom is -0.495 e. The molecule has 1 aromatic heterocycles. The van der Waals surface area contributed by atoms with Crippen molar-refractivity contribution in [2.75, 3.05) is 35.8 Å². The van der Waals surface area contributed by atoms with E-state index < -0.39 is 18.4 Å². The number of nitrogens with one attached hydrogen (secondary N) is 2. The maximum atomic E-state index is 14.8. The highest BCUT2D eigenvalue weighted by molar-refractivity contribution is 6.02. The van der Waals surface area contributed by atoms with E-state index >= 15 is 0 Å². The molecule has 10 nitrogen and oxygen atoms in total. The minimum absolute atomic E-state index is 0.0919. The fourth-order valence-electron chi connectivity index (χ4n) is 5.69. The van der Waals surface area contributed by atoms with E-state index in [1.54, 1.807) is 23.1 Å². The zero-order valence-corrected chi connectivity index (χ0v) is 22.3. The van der Waals surface area contributed by atoms with Gasteiger partial charge in [0.05, 0.1) is 25.5 Å². The van der Waals surface area contributed by atoms with Crippen LogP contribution < -0.4 is 30.9 Å². The summed E-state index contributed by atoms with van der Waals surface area (Å²) in [5, 5.41) is 6.16. The van der Waals surface area contributed by atoms with Gasteiger partial charge in [-0.1, -0.05) is 12.8 Å². The number of carbonyl (C=O) groups excluding carboxylic acids is 2. The van der Waals surface area contributed by atoms with Crippen molar-refractivity contribution < 1.29 is 23.1 Å². The number of hydrogen-bond acceptors (Lipinski definition) is 8. The zero-order valence-electron chi connectivity index (χ0n) is 22.3. The van der Waals surface area contributed by atoms with Gasteiger partial charge in [0.1, 0.15) is 11.4 Å². The molecule has 2 aliphatic carbocycles. The van der Waals surface area contributed by atoms with E-state index in [4.69, 9.17) is 10.5 Å². The van der Waals surface area contributed by atoms with Gasteiger partial charge in [-0.3, -0.25) is 9.59 Å². The molecule has 12 heteroatoms. The number of nitrogens with zero attached hydrogens (tertiary/aromatic N) is 4. The molecule has 0 saturated heterocycles. The summed E-state index contributed by atoms with van der Waals surface area (Å²) in [4.78, 5) is 36.7. The number of amides is 2. The number of aromatic nitrogens is 2. The molecule has 1 aliphatic heterocycles. The van der Waals surface area contributed by atoms with Gasteiger partial charge < -0.3 is 30.9 Å². The number of halogens is 2. The number of fused-ring (bicyclic) bond motifs is 1. The summed E-state index contributed by atoms with van der Waals surface area (Å²) < 4.78 is 35.2. The Hall–Kier alpha value is -3.54. The molecular formula is C27H35F2N7O3. The molecule has 4 N–H and O–H groups in total. The van der Waals surface area contributed by atoms with Gasteiger partial charge in [-0.2, -0.15) is 13.8 Å². The van der Waals surface area contributed by atoms with Gasteiger partial charge in [-0.25, -0.2) is 4.98 Å². The summed E-state index contributed by atoms with van der Waals surface area (Å²) in [6.45, 7) is -0.732. The fraction of sp³-hybridized carbons (Fsp3) is 0.556. The van der Waals surface area contributed by atoms with Crippen molar-refractivity contribution in [2.45, 2.75) is 75.4 Å². The topological polar surface area (TPSA) is 126 Å². The predicted octanol–water partition coefficient (Wildman–Crippen LogP) is 3.59. The summed E-state index contributed by atoms with van der Waals surface area (Å²) in [5.41, 5.74) is 7.16. The highest BCUT2D eigenvalue weighted by Crippen LogP contribution is 2.40. The number of nitrogens with two attached hydrogens (primary N) is 1. The molecule has 1 aromatic carbocycles. The van der Waals surface area contributed by atoms with Crippen LogP contribution in [0.1, 0.15) is 61.7 Å². The zero-order chi connectivity index (χ0) is 27.7. The number of hydrogen-bond donors (Lipinski definition) is 3. The predicted molar refractivity (Wildman–Crippen MR) is 144 cm³/mol. The van der Waals surface area contributed by atoms with Crippen molar-refractivity contribution in [3.63, 3.8) is 0 Å². The normalized spacial score (nSPS) is 23.3. The number of rotatable bonds is 6. The van der Waals surface area contributed by atoms with Crippen molar-refractivity contribution in [1.82, 2.24) is 15.3 Å². The number of methoxy groups -OCH3 is 1. The number of anilines is 4. The number of benzene rings is 1. The average molecular weight is 544 g/mol. The van der Waals surface area contributed by atoms with Gasteiger partial charge in [0.25, 0.3) is 11.8 Å². The lowest BCUT2D eigenvalue weighted by atomic mass is 9.91. The first-order valence-electron chi connectivity index (χ1n) is 13.5. The van der Waals surface area contributed by atoms with Crippen molar-refractivity contribution in [3.05, 3.63) is 30.0 Å². The van der Waals surface area contributed by atoms with E-state index in [1.165, 1.54) is 20.4 Å². The molecule has 2 saturated carbocycles. The van der Waals surface area contributed by atoms with Crippen LogP contribution in [0.15, 0.2) is 24.4 Å². The number of carbonyl (C=O) groups is 2. The Morgan fingerprint density at radius 2 is 1.87 bits per heavy atom. The van der Waals surface area contributed by atoms with E-state index in [1.807, 2.05) is 0 Å². The van der Waals surface area contributed by atoms with Crippen LogP contribution in [0, 0.1) is 0 Å². The van der Waals surface area contributed by atoms with Crippen LogP contribution in [0.2, 0.25) is 0 Å². The Bertz CT molecular complexity index is 1230. The maximum Gasteiger partial charge on any atom is 0.342 e. The fourth-order valence-corrected chi connectivity index (χ4v) is 5.69. The smallest absolute Gasteiger partial charge is 0.342 e. The third kappa shape index (κ3) is 5.61. The summed E-state index contributed by atoms with van der Waals surface area (Å²) in [7, 11) is 2.81. The molecule has 0 unspecified atom stereocenters. The summed E-state index contributed by atoms with van der Waals surface area (Å²) in [5.74, 6) is -4.16. The van der Waals surface area contributed by atoms with Gasteiger partial charge >= 0.3 is 5.92 Å². The first-order valence-corrected chi connectivity index (χ1v) is 13.5. The molecule has 210 valence electrons. The van der Waals surface area contributed by atoms with Gasteiger partial charge in [-0.05, 0) is 56.7 Å². The van der Waals surface area contributed by atoms with E-state index in [0.717, 1.165) is 56.3 Å². The Labute approximate surface area is 226 Å². The second-order valence-corrected chi connectivity index (χ2v) is 10.7. The summed E-state index contributed by atoms with van der Waals surface area (Å²) in [6, 6.07) is 5.15. The van der Waals surface area contributed by atoms with Crippen molar-refractivity contribution in [1.29, 1.82) is 0 Å². The highest BCUT2D eigenvalue weighted by Gasteiger charge is 2.48. The first-order chi connectivity index (χ1) is 18.7. The lowest BCUT2D eigenvalue weighted by molar-refractivity contribution is -0.140. The lowest BCUT2D eigenvalue weighted by Crippen LogP contribution is -2.48. The maximum absolute atomic E-state index is 14.8. The van der Waals surface area contributed by atoms with Crippen LogP contribution in [0.4, 0.5) is 31.9 Å². The van der Waals surface area contributed by atoms with Gasteiger partial charge in [0.2, 0.25) is 5.95 Å². The van der Waals surface area contributed by atoms with Crippen LogP contribution in [0.5, 0.6) is 5.75 Å². The average Bonchev–Trinajstić information content (AvgIpc) is 3.45. The lowest BCUT2D eigenvalue weighted by Gasteiger charge is -2.31. The Kier molecular flexibility index (Phi) is 7.57. The molecular weight excluding hydrogens is 508 g/mol. The number of ether oxygens (including phenoxy) is 1. The van der Waals surface area contributed by atoms with Crippen LogP contribution in [0.25, 0.3) is 0 Å². The van der Waals surface area contributed by atoms with Gasteiger partial charge in [0.15, 0.2) is 5.82 Å². The quantitative estimate of drug-likeness (QED) is 0.505. The molecule has 2 aromatic rings. The molecule has 2 amide bonds. The summed E-state index contributed by atoms with van der Waals surface area (Å²) >= 11 is 0. The summed E-state index contributed by atoms with van der Waals surface area (Å²) in [6.07, 6.45) is 8.25. The molecule has 0 atom stereocenters. The monoisotopic (exact) mass is 543 g/mol. The standard InChI is InChI=1S/C27H35F2N7O3/c1-35-21-14-31-26(34-23(21)36(19-5-3-4-6-19)15-27(28,29)25(35)38)33-20-12-7-16(13-22(20)39-2)24(37)32-18-10-8-17(30)9-11-18/h7,12-14,17-19H,3-6,8-11,15,30H2,1-2H3,(H,32,37)(H,31,33,34). The third-order valence-electron chi connectivity index (χ3n) is 7.95. The van der Waals surface area contributed by atoms with Crippen molar-refractivity contribution in [3.8, 4) is 5.75 Å². The molecule has 3 aliphatic rings. The van der Waals surface area contributed by atoms with Gasteiger partial charge in [0, 0.05) is 30.7 Å². The van der Waals surface area contributed by atoms with Crippen molar-refractivity contribution in [2.24, 2.45) is 5.73 Å². The molecule has 0 radical (unpaired) electrons. The highest BCUT2D eigenvalue weighted by atomic mass is 19.3. The van der Waals surface area contributed by atoms with E-state index in [2.05, 4.69) is 20.6 Å². The van der Waals surface area contributed by atoms with E-state index in [9.17, 15) is 18.4 Å². The minimum atomic E-state index is -3.55. The molecule has 39 heavy (non-hydrogen) atoms. The molecule has 5 rings (SSSR count). The second-order valence-electron chi connectivity index (χ2n) is 10.7. The van der Waals surface area contributed by atoms with Crippen LogP contribution in [-0.4, -0.2) is 66.5 Å².